The number of aliphatic carboxylic acids is 1. The molecule has 3 fully saturated rings. The van der Waals surface area contributed by atoms with Crippen molar-refractivity contribution < 1.29 is 19.4 Å². The largest absolute Gasteiger partial charge is 0.481 e. The third-order valence-electron chi connectivity index (χ3n) is 6.23. The second-order valence-electron chi connectivity index (χ2n) is 7.50. The number of carboxylic acids is 1. The van der Waals surface area contributed by atoms with Crippen LogP contribution in [0.5, 0.6) is 0 Å². The zero-order valence-electron chi connectivity index (χ0n) is 13.6. The Balaban J connectivity index is 1.53. The molecule has 5 nitrogen and oxygen atoms in total. The van der Waals surface area contributed by atoms with E-state index in [1.54, 1.807) is 0 Å². The van der Waals surface area contributed by atoms with Crippen LogP contribution in [0.25, 0.3) is 0 Å². The van der Waals surface area contributed by atoms with Crippen molar-refractivity contribution in [3.8, 4) is 0 Å². The van der Waals surface area contributed by atoms with E-state index in [0.717, 1.165) is 38.8 Å². The summed E-state index contributed by atoms with van der Waals surface area (Å²) in [4.78, 5) is 25.8. The number of carbonyl (C=O) groups is 2. The predicted octanol–water partition coefficient (Wildman–Crippen LogP) is 2.15. The van der Waals surface area contributed by atoms with Gasteiger partial charge in [-0.3, -0.25) is 9.59 Å². The molecule has 0 spiro atoms. The highest BCUT2D eigenvalue weighted by Gasteiger charge is 2.54. The summed E-state index contributed by atoms with van der Waals surface area (Å²) in [6.07, 6.45) is 4.30. The predicted molar refractivity (Wildman–Crippen MR) is 81.3 cm³/mol. The van der Waals surface area contributed by atoms with Crippen LogP contribution in [0.15, 0.2) is 0 Å². The van der Waals surface area contributed by atoms with Gasteiger partial charge in [-0.1, -0.05) is 13.8 Å². The van der Waals surface area contributed by atoms with Crippen molar-refractivity contribution >= 4 is 11.9 Å². The first-order chi connectivity index (χ1) is 10.5. The smallest absolute Gasteiger partial charge is 0.309 e. The SMILES string of the molecule is CC[C@]1(C)C[C@H]1C(=O)N1CCC([C@@H]2OCC[C@H]2C(=O)O)CC1. The van der Waals surface area contributed by atoms with Gasteiger partial charge in [-0.2, -0.15) is 0 Å². The van der Waals surface area contributed by atoms with Crippen LogP contribution in [0.3, 0.4) is 0 Å². The number of carboxylic acid groups (broad SMARTS) is 1. The summed E-state index contributed by atoms with van der Waals surface area (Å²) in [7, 11) is 0. The first-order valence-corrected chi connectivity index (χ1v) is 8.59. The van der Waals surface area contributed by atoms with Crippen LogP contribution in [0.1, 0.15) is 46.0 Å². The maximum Gasteiger partial charge on any atom is 0.309 e. The molecule has 1 aliphatic carbocycles. The molecule has 0 bridgehead atoms. The molecule has 2 saturated heterocycles. The van der Waals surface area contributed by atoms with Gasteiger partial charge in [0.2, 0.25) is 5.91 Å². The van der Waals surface area contributed by atoms with E-state index < -0.39 is 5.97 Å². The molecular formula is C17H27NO4. The highest BCUT2D eigenvalue weighted by Crippen LogP contribution is 2.55. The molecule has 124 valence electrons. The number of carbonyl (C=O) groups excluding carboxylic acids is 1. The monoisotopic (exact) mass is 309 g/mol. The molecule has 1 amide bonds. The summed E-state index contributed by atoms with van der Waals surface area (Å²) in [5.74, 6) is -0.297. The van der Waals surface area contributed by atoms with Crippen molar-refractivity contribution in [2.75, 3.05) is 19.7 Å². The van der Waals surface area contributed by atoms with E-state index in [2.05, 4.69) is 13.8 Å². The molecule has 1 saturated carbocycles. The zero-order valence-corrected chi connectivity index (χ0v) is 13.6. The van der Waals surface area contributed by atoms with Crippen LogP contribution >= 0.6 is 0 Å². The average molecular weight is 309 g/mol. The van der Waals surface area contributed by atoms with E-state index in [9.17, 15) is 14.7 Å². The average Bonchev–Trinajstić information content (AvgIpc) is 2.98. The topological polar surface area (TPSA) is 66.8 Å². The van der Waals surface area contributed by atoms with Gasteiger partial charge in [-0.05, 0) is 43.4 Å². The van der Waals surface area contributed by atoms with E-state index in [4.69, 9.17) is 4.74 Å². The van der Waals surface area contributed by atoms with Crippen molar-refractivity contribution in [1.29, 1.82) is 0 Å². The Labute approximate surface area is 132 Å². The van der Waals surface area contributed by atoms with Gasteiger partial charge in [-0.25, -0.2) is 0 Å². The number of ether oxygens (including phenoxy) is 1. The fraction of sp³-hybridized carbons (Fsp3) is 0.882. The minimum absolute atomic E-state index is 0.156. The van der Waals surface area contributed by atoms with Crippen molar-refractivity contribution in [2.24, 2.45) is 23.2 Å². The fourth-order valence-electron chi connectivity index (χ4n) is 4.19. The first kappa shape index (κ1) is 15.8. The Morgan fingerprint density at radius 2 is 1.95 bits per heavy atom. The van der Waals surface area contributed by atoms with Crippen molar-refractivity contribution in [2.45, 2.75) is 52.1 Å². The lowest BCUT2D eigenvalue weighted by Gasteiger charge is -2.36. The van der Waals surface area contributed by atoms with E-state index in [0.29, 0.717) is 18.9 Å². The van der Waals surface area contributed by atoms with Crippen LogP contribution < -0.4 is 0 Å². The maximum absolute atomic E-state index is 12.5. The summed E-state index contributed by atoms with van der Waals surface area (Å²) in [5.41, 5.74) is 0.219. The third-order valence-corrected chi connectivity index (χ3v) is 6.23. The Morgan fingerprint density at radius 3 is 2.50 bits per heavy atom. The number of hydrogen-bond donors (Lipinski definition) is 1. The highest BCUT2D eigenvalue weighted by molar-refractivity contribution is 5.82. The van der Waals surface area contributed by atoms with E-state index >= 15 is 0 Å². The molecule has 0 radical (unpaired) electrons. The van der Waals surface area contributed by atoms with Gasteiger partial charge in [-0.15, -0.1) is 0 Å². The van der Waals surface area contributed by atoms with Crippen LogP contribution in [0.4, 0.5) is 0 Å². The maximum atomic E-state index is 12.5. The molecule has 0 aromatic heterocycles. The zero-order chi connectivity index (χ0) is 15.9. The summed E-state index contributed by atoms with van der Waals surface area (Å²) in [6.45, 7) is 6.42. The van der Waals surface area contributed by atoms with E-state index in [-0.39, 0.29) is 29.3 Å². The van der Waals surface area contributed by atoms with E-state index in [1.165, 1.54) is 0 Å². The molecule has 4 atom stereocenters. The van der Waals surface area contributed by atoms with Crippen molar-refractivity contribution in [3.05, 3.63) is 0 Å². The molecule has 2 aliphatic heterocycles. The molecule has 22 heavy (non-hydrogen) atoms. The second kappa shape index (κ2) is 5.84. The number of hydrogen-bond acceptors (Lipinski definition) is 3. The summed E-state index contributed by atoms with van der Waals surface area (Å²) in [6, 6.07) is 0. The molecule has 0 unspecified atom stereocenters. The summed E-state index contributed by atoms with van der Waals surface area (Å²) < 4.78 is 5.69. The van der Waals surface area contributed by atoms with Gasteiger partial charge in [0.25, 0.3) is 0 Å². The van der Waals surface area contributed by atoms with Crippen LogP contribution in [-0.4, -0.2) is 47.7 Å². The molecule has 0 aromatic rings. The number of piperidine rings is 1. The number of amides is 1. The molecule has 5 heteroatoms. The van der Waals surface area contributed by atoms with Crippen LogP contribution in [0, 0.1) is 23.2 Å². The van der Waals surface area contributed by atoms with Gasteiger partial charge in [0, 0.05) is 25.6 Å². The van der Waals surface area contributed by atoms with Gasteiger partial charge in [0.1, 0.15) is 0 Å². The Kier molecular flexibility index (Phi) is 4.19. The third kappa shape index (κ3) is 2.75. The Morgan fingerprint density at radius 1 is 1.27 bits per heavy atom. The molecule has 3 aliphatic rings. The molecule has 3 rings (SSSR count). The second-order valence-corrected chi connectivity index (χ2v) is 7.50. The van der Waals surface area contributed by atoms with E-state index in [1.807, 2.05) is 4.90 Å². The minimum atomic E-state index is -0.738. The molecular weight excluding hydrogens is 282 g/mol. The van der Waals surface area contributed by atoms with Crippen LogP contribution in [0.2, 0.25) is 0 Å². The molecule has 2 heterocycles. The van der Waals surface area contributed by atoms with Gasteiger partial charge >= 0.3 is 5.97 Å². The first-order valence-electron chi connectivity index (χ1n) is 8.59. The number of nitrogens with zero attached hydrogens (tertiary/aromatic N) is 1. The lowest BCUT2D eigenvalue weighted by molar-refractivity contribution is -0.146. The summed E-state index contributed by atoms with van der Waals surface area (Å²) in [5, 5.41) is 9.28. The lowest BCUT2D eigenvalue weighted by atomic mass is 9.84. The quantitative estimate of drug-likeness (QED) is 0.864. The number of likely N-dealkylation sites (tertiary alicyclic amines) is 1. The minimum Gasteiger partial charge on any atom is -0.481 e. The summed E-state index contributed by atoms with van der Waals surface area (Å²) >= 11 is 0. The van der Waals surface area contributed by atoms with Gasteiger partial charge < -0.3 is 14.7 Å². The normalized spacial score (nSPS) is 39.0. The van der Waals surface area contributed by atoms with Crippen LogP contribution in [-0.2, 0) is 14.3 Å². The van der Waals surface area contributed by atoms with Crippen molar-refractivity contribution in [1.82, 2.24) is 4.90 Å². The Bertz CT molecular complexity index is 458. The molecule has 0 aromatic carbocycles. The highest BCUT2D eigenvalue weighted by atomic mass is 16.5. The Hall–Kier alpha value is -1.10. The fourth-order valence-corrected chi connectivity index (χ4v) is 4.19. The molecule has 1 N–H and O–H groups in total. The standard InChI is InChI=1S/C17H27NO4/c1-3-17(2)10-13(17)15(19)18-7-4-11(5-8-18)14-12(16(20)21)6-9-22-14/h11-14H,3-10H2,1-2H3,(H,20,21)/t12-,13+,14+,17-/m1/s1. The van der Waals surface area contributed by atoms with Crippen molar-refractivity contribution in [3.63, 3.8) is 0 Å². The number of rotatable bonds is 4. The lowest BCUT2D eigenvalue weighted by Crippen LogP contribution is -2.44. The van der Waals surface area contributed by atoms with Gasteiger partial charge in [0.05, 0.1) is 12.0 Å². The van der Waals surface area contributed by atoms with Gasteiger partial charge in [0.15, 0.2) is 0 Å².